The summed E-state index contributed by atoms with van der Waals surface area (Å²) < 4.78 is 0. The number of nitrogens with zero attached hydrogens (tertiary/aromatic N) is 1. The number of anilines is 3. The van der Waals surface area contributed by atoms with Crippen LogP contribution in [0.2, 0.25) is 0 Å². The standard InChI is InChI=1S/C35H47NS/c1-12-13-18-35(10,11)26-15-17-29-31(22-26)37-30-21-25(33(4,5)6)14-16-28(30)36(29)32-23(2)19-27(20-24(32)3)34(7,8)9/h14-17,19-22H,12-13,18H2,1-11H3. The van der Waals surface area contributed by atoms with Crippen molar-refractivity contribution in [2.24, 2.45) is 0 Å². The lowest BCUT2D eigenvalue weighted by atomic mass is 9.80. The molecule has 0 bridgehead atoms. The molecule has 1 heterocycles. The molecule has 3 aromatic rings. The van der Waals surface area contributed by atoms with Gasteiger partial charge in [-0.05, 0) is 88.6 Å². The summed E-state index contributed by atoms with van der Waals surface area (Å²) in [6.45, 7) is 25.5. The molecule has 0 spiro atoms. The molecule has 2 heteroatoms. The minimum atomic E-state index is 0.116. The normalized spacial score (nSPS) is 14.0. The Morgan fingerprint density at radius 2 is 1.14 bits per heavy atom. The molecule has 0 fully saturated rings. The summed E-state index contributed by atoms with van der Waals surface area (Å²) in [5.41, 5.74) is 11.2. The Balaban J connectivity index is 1.93. The third-order valence-corrected chi connectivity index (χ3v) is 9.10. The van der Waals surface area contributed by atoms with Crippen LogP contribution in [0.5, 0.6) is 0 Å². The highest BCUT2D eigenvalue weighted by Crippen LogP contribution is 2.54. The number of benzene rings is 3. The largest absolute Gasteiger partial charge is 0.308 e. The van der Waals surface area contributed by atoms with Gasteiger partial charge in [0.15, 0.2) is 0 Å². The molecular formula is C35H47NS. The summed E-state index contributed by atoms with van der Waals surface area (Å²) in [5, 5.41) is 0. The summed E-state index contributed by atoms with van der Waals surface area (Å²) in [7, 11) is 0. The maximum Gasteiger partial charge on any atom is 0.0602 e. The van der Waals surface area contributed by atoms with E-state index in [1.807, 2.05) is 11.8 Å². The molecule has 37 heavy (non-hydrogen) atoms. The van der Waals surface area contributed by atoms with Crippen LogP contribution in [-0.2, 0) is 16.2 Å². The molecule has 0 radical (unpaired) electrons. The fourth-order valence-electron chi connectivity index (χ4n) is 5.44. The number of unbranched alkanes of at least 4 members (excludes halogenated alkanes) is 1. The Morgan fingerprint density at radius 1 is 0.649 bits per heavy atom. The second kappa shape index (κ2) is 9.84. The van der Waals surface area contributed by atoms with Gasteiger partial charge < -0.3 is 4.90 Å². The highest BCUT2D eigenvalue weighted by Gasteiger charge is 2.31. The van der Waals surface area contributed by atoms with E-state index in [2.05, 4.69) is 130 Å². The van der Waals surface area contributed by atoms with E-state index in [0.717, 1.165) is 0 Å². The molecule has 3 aromatic carbocycles. The van der Waals surface area contributed by atoms with Crippen LogP contribution in [0.3, 0.4) is 0 Å². The Hall–Kier alpha value is -2.19. The van der Waals surface area contributed by atoms with E-state index < -0.39 is 0 Å². The second-order valence-corrected chi connectivity index (χ2v) is 14.8. The van der Waals surface area contributed by atoms with Crippen molar-refractivity contribution in [3.05, 3.63) is 76.3 Å². The molecule has 0 amide bonds. The Bertz CT molecular complexity index is 1280. The first kappa shape index (κ1) is 27.8. The zero-order valence-electron chi connectivity index (χ0n) is 25.1. The fourth-order valence-corrected chi connectivity index (χ4v) is 6.58. The van der Waals surface area contributed by atoms with Crippen LogP contribution in [0.1, 0.15) is 109 Å². The highest BCUT2D eigenvalue weighted by atomic mass is 32.2. The minimum Gasteiger partial charge on any atom is -0.308 e. The molecule has 0 N–H and O–H groups in total. The first-order valence-corrected chi connectivity index (χ1v) is 14.8. The van der Waals surface area contributed by atoms with E-state index in [1.165, 1.54) is 73.9 Å². The molecule has 0 saturated heterocycles. The molecular weight excluding hydrogens is 466 g/mol. The van der Waals surface area contributed by atoms with Crippen molar-refractivity contribution < 1.29 is 0 Å². The number of rotatable bonds is 5. The molecule has 0 aromatic heterocycles. The summed E-state index contributed by atoms with van der Waals surface area (Å²) in [5.74, 6) is 0. The van der Waals surface area contributed by atoms with Crippen LogP contribution in [-0.4, -0.2) is 0 Å². The van der Waals surface area contributed by atoms with Gasteiger partial charge >= 0.3 is 0 Å². The maximum atomic E-state index is 2.54. The van der Waals surface area contributed by atoms with Gasteiger partial charge in [-0.1, -0.05) is 111 Å². The number of fused-ring (bicyclic) bond motifs is 2. The fraction of sp³-hybridized carbons (Fsp3) is 0.486. The zero-order valence-corrected chi connectivity index (χ0v) is 25.9. The third-order valence-electron chi connectivity index (χ3n) is 8.00. The van der Waals surface area contributed by atoms with E-state index in [0.29, 0.717) is 0 Å². The molecule has 0 saturated carbocycles. The third kappa shape index (κ3) is 5.51. The Labute approximate surface area is 231 Å². The van der Waals surface area contributed by atoms with Crippen LogP contribution >= 0.6 is 11.8 Å². The van der Waals surface area contributed by atoms with Crippen molar-refractivity contribution in [2.45, 2.75) is 121 Å². The summed E-state index contributed by atoms with van der Waals surface area (Å²) in [6, 6.07) is 19.1. The van der Waals surface area contributed by atoms with Gasteiger partial charge in [0.25, 0.3) is 0 Å². The second-order valence-electron chi connectivity index (χ2n) is 13.7. The minimum absolute atomic E-state index is 0.116. The van der Waals surface area contributed by atoms with Crippen LogP contribution in [0.4, 0.5) is 17.1 Å². The van der Waals surface area contributed by atoms with Crippen molar-refractivity contribution in [1.82, 2.24) is 0 Å². The summed E-state index contributed by atoms with van der Waals surface area (Å²) >= 11 is 1.94. The van der Waals surface area contributed by atoms with Crippen molar-refractivity contribution in [1.29, 1.82) is 0 Å². The monoisotopic (exact) mass is 513 g/mol. The first-order valence-electron chi connectivity index (χ1n) is 14.0. The van der Waals surface area contributed by atoms with E-state index in [1.54, 1.807) is 0 Å². The molecule has 198 valence electrons. The first-order chi connectivity index (χ1) is 17.1. The molecule has 0 atom stereocenters. The summed E-state index contributed by atoms with van der Waals surface area (Å²) in [4.78, 5) is 5.24. The van der Waals surface area contributed by atoms with Crippen LogP contribution in [0.15, 0.2) is 58.3 Å². The summed E-state index contributed by atoms with van der Waals surface area (Å²) in [6.07, 6.45) is 3.72. The zero-order chi connectivity index (χ0) is 27.3. The maximum absolute atomic E-state index is 2.54. The van der Waals surface area contributed by atoms with Crippen molar-refractivity contribution in [2.75, 3.05) is 4.90 Å². The van der Waals surface area contributed by atoms with Gasteiger partial charge in [-0.3, -0.25) is 0 Å². The topological polar surface area (TPSA) is 3.24 Å². The average molecular weight is 514 g/mol. The van der Waals surface area contributed by atoms with E-state index in [9.17, 15) is 0 Å². The van der Waals surface area contributed by atoms with E-state index >= 15 is 0 Å². The Kier molecular flexibility index (Phi) is 7.40. The van der Waals surface area contributed by atoms with Crippen molar-refractivity contribution >= 4 is 28.8 Å². The smallest absolute Gasteiger partial charge is 0.0602 e. The van der Waals surface area contributed by atoms with Crippen molar-refractivity contribution in [3.63, 3.8) is 0 Å². The lowest BCUT2D eigenvalue weighted by Crippen LogP contribution is -2.21. The van der Waals surface area contributed by atoms with Crippen LogP contribution in [0, 0.1) is 13.8 Å². The van der Waals surface area contributed by atoms with Gasteiger partial charge in [0.1, 0.15) is 0 Å². The van der Waals surface area contributed by atoms with Gasteiger partial charge in [0.2, 0.25) is 0 Å². The van der Waals surface area contributed by atoms with Gasteiger partial charge in [-0.25, -0.2) is 0 Å². The lowest BCUT2D eigenvalue weighted by Gasteiger charge is -2.37. The van der Waals surface area contributed by atoms with E-state index in [-0.39, 0.29) is 16.2 Å². The molecule has 1 aliphatic heterocycles. The molecule has 0 unspecified atom stereocenters. The predicted molar refractivity (Wildman–Crippen MR) is 165 cm³/mol. The molecule has 0 aliphatic carbocycles. The molecule has 4 rings (SSSR count). The van der Waals surface area contributed by atoms with Gasteiger partial charge in [-0.2, -0.15) is 0 Å². The Morgan fingerprint density at radius 3 is 1.62 bits per heavy atom. The van der Waals surface area contributed by atoms with E-state index in [4.69, 9.17) is 0 Å². The van der Waals surface area contributed by atoms with Gasteiger partial charge in [0, 0.05) is 9.79 Å². The molecule has 1 nitrogen and oxygen atoms in total. The molecule has 1 aliphatic rings. The van der Waals surface area contributed by atoms with Crippen molar-refractivity contribution in [3.8, 4) is 0 Å². The highest BCUT2D eigenvalue weighted by molar-refractivity contribution is 7.99. The predicted octanol–water partition coefficient (Wildman–Crippen LogP) is 11.3. The van der Waals surface area contributed by atoms with Crippen LogP contribution in [0.25, 0.3) is 0 Å². The number of aryl methyl sites for hydroxylation is 2. The van der Waals surface area contributed by atoms with Crippen LogP contribution < -0.4 is 4.90 Å². The quantitative estimate of drug-likeness (QED) is 0.261. The van der Waals surface area contributed by atoms with Gasteiger partial charge in [-0.15, -0.1) is 0 Å². The average Bonchev–Trinajstić information content (AvgIpc) is 2.79. The number of hydrogen-bond acceptors (Lipinski definition) is 2. The SMILES string of the molecule is CCCCC(C)(C)c1ccc2c(c1)Sc1cc(C(C)(C)C)ccc1N2c1c(C)cc(C(C)(C)C)cc1C. The lowest BCUT2D eigenvalue weighted by molar-refractivity contribution is 0.457. The van der Waals surface area contributed by atoms with Gasteiger partial charge in [0.05, 0.1) is 17.1 Å². The number of hydrogen-bond donors (Lipinski definition) is 0.